The van der Waals surface area contributed by atoms with Crippen LogP contribution >= 0.6 is 27.5 Å². The molecule has 0 aromatic heterocycles. The topological polar surface area (TPSA) is 26.0 Å². The molecule has 0 saturated heterocycles. The average molecular weight is 329 g/mol. The van der Waals surface area contributed by atoms with E-state index in [4.69, 9.17) is 17.3 Å². The van der Waals surface area contributed by atoms with Gasteiger partial charge in [0.15, 0.2) is 0 Å². The first-order chi connectivity index (χ1) is 8.44. The summed E-state index contributed by atoms with van der Waals surface area (Å²) in [4.78, 5) is 0. The Bertz CT molecular complexity index is 564. The van der Waals surface area contributed by atoms with E-state index in [1.54, 1.807) is 31.2 Å². The van der Waals surface area contributed by atoms with Crippen LogP contribution in [0.2, 0.25) is 5.02 Å². The van der Waals surface area contributed by atoms with Crippen molar-refractivity contribution in [2.24, 2.45) is 5.73 Å². The number of rotatable bonds is 2. The minimum Gasteiger partial charge on any atom is -0.318 e. The van der Waals surface area contributed by atoms with Crippen LogP contribution in [-0.2, 0) is 5.54 Å². The van der Waals surface area contributed by atoms with Gasteiger partial charge >= 0.3 is 0 Å². The Morgan fingerprint density at radius 3 is 2.44 bits per heavy atom. The van der Waals surface area contributed by atoms with E-state index in [0.717, 1.165) is 4.47 Å². The molecule has 0 heterocycles. The summed E-state index contributed by atoms with van der Waals surface area (Å²) < 4.78 is 14.7. The summed E-state index contributed by atoms with van der Waals surface area (Å²) >= 11 is 9.60. The molecule has 2 N–H and O–H groups in total. The molecule has 0 aliphatic heterocycles. The highest BCUT2D eigenvalue weighted by atomic mass is 79.9. The van der Waals surface area contributed by atoms with Crippen molar-refractivity contribution in [2.45, 2.75) is 12.5 Å². The summed E-state index contributed by atoms with van der Waals surface area (Å²) in [6, 6.07) is 11.9. The average Bonchev–Trinajstić information content (AvgIpc) is 2.28. The SMILES string of the molecule is CC(N)(c1ccccc1F)c1c(Cl)cccc1Br. The molecule has 0 radical (unpaired) electrons. The maximum atomic E-state index is 13.9. The van der Waals surface area contributed by atoms with E-state index in [1.165, 1.54) is 6.07 Å². The van der Waals surface area contributed by atoms with Crippen molar-refractivity contribution in [1.82, 2.24) is 0 Å². The van der Waals surface area contributed by atoms with E-state index in [2.05, 4.69) is 15.9 Å². The van der Waals surface area contributed by atoms with Crippen molar-refractivity contribution in [3.05, 3.63) is 68.9 Å². The van der Waals surface area contributed by atoms with Crippen molar-refractivity contribution in [3.8, 4) is 0 Å². The van der Waals surface area contributed by atoms with Gasteiger partial charge in [-0.3, -0.25) is 0 Å². The van der Waals surface area contributed by atoms with Gasteiger partial charge in [-0.1, -0.05) is 51.8 Å². The summed E-state index contributed by atoms with van der Waals surface area (Å²) in [7, 11) is 0. The Morgan fingerprint density at radius 2 is 1.83 bits per heavy atom. The molecule has 0 saturated carbocycles. The van der Waals surface area contributed by atoms with Crippen molar-refractivity contribution in [1.29, 1.82) is 0 Å². The first kappa shape index (κ1) is 13.5. The van der Waals surface area contributed by atoms with Gasteiger partial charge in [0.25, 0.3) is 0 Å². The number of nitrogens with two attached hydrogens (primary N) is 1. The summed E-state index contributed by atoms with van der Waals surface area (Å²) in [6.45, 7) is 1.75. The van der Waals surface area contributed by atoms with Gasteiger partial charge in [0, 0.05) is 20.6 Å². The van der Waals surface area contributed by atoms with E-state index >= 15 is 0 Å². The van der Waals surface area contributed by atoms with Crippen LogP contribution in [0, 0.1) is 5.82 Å². The molecule has 2 rings (SSSR count). The lowest BCUT2D eigenvalue weighted by Crippen LogP contribution is -2.36. The summed E-state index contributed by atoms with van der Waals surface area (Å²) in [6.07, 6.45) is 0. The number of hydrogen-bond donors (Lipinski definition) is 1. The lowest BCUT2D eigenvalue weighted by Gasteiger charge is -2.28. The molecule has 0 bridgehead atoms. The van der Waals surface area contributed by atoms with E-state index < -0.39 is 5.54 Å². The van der Waals surface area contributed by atoms with Crippen LogP contribution in [0.25, 0.3) is 0 Å². The van der Waals surface area contributed by atoms with Crippen LogP contribution in [-0.4, -0.2) is 0 Å². The van der Waals surface area contributed by atoms with E-state index in [0.29, 0.717) is 16.1 Å². The second-order valence-electron chi connectivity index (χ2n) is 4.28. The molecule has 0 aliphatic rings. The van der Waals surface area contributed by atoms with E-state index in [-0.39, 0.29) is 5.82 Å². The normalized spacial score (nSPS) is 14.3. The molecule has 0 amide bonds. The van der Waals surface area contributed by atoms with Gasteiger partial charge < -0.3 is 5.73 Å². The minimum atomic E-state index is -0.997. The maximum Gasteiger partial charge on any atom is 0.128 e. The first-order valence-corrected chi connectivity index (χ1v) is 6.60. The van der Waals surface area contributed by atoms with Gasteiger partial charge in [0.05, 0.1) is 5.54 Å². The van der Waals surface area contributed by atoms with Crippen LogP contribution in [0.1, 0.15) is 18.1 Å². The lowest BCUT2D eigenvalue weighted by atomic mass is 9.85. The molecule has 4 heteroatoms. The highest BCUT2D eigenvalue weighted by Gasteiger charge is 2.30. The number of benzene rings is 2. The van der Waals surface area contributed by atoms with Crippen molar-refractivity contribution >= 4 is 27.5 Å². The molecule has 1 nitrogen and oxygen atoms in total. The Hall–Kier alpha value is -0.900. The molecular weight excluding hydrogens is 317 g/mol. The van der Waals surface area contributed by atoms with Crippen LogP contribution in [0.5, 0.6) is 0 Å². The second-order valence-corrected chi connectivity index (χ2v) is 5.54. The zero-order valence-corrected chi connectivity index (χ0v) is 12.1. The predicted molar refractivity (Wildman–Crippen MR) is 76.2 cm³/mol. The van der Waals surface area contributed by atoms with Gasteiger partial charge in [0.1, 0.15) is 5.82 Å². The zero-order chi connectivity index (χ0) is 13.3. The third-order valence-electron chi connectivity index (χ3n) is 2.92. The molecule has 2 aromatic carbocycles. The minimum absolute atomic E-state index is 0.339. The van der Waals surface area contributed by atoms with Crippen LogP contribution in [0.4, 0.5) is 4.39 Å². The first-order valence-electron chi connectivity index (χ1n) is 5.43. The zero-order valence-electron chi connectivity index (χ0n) is 9.75. The summed E-state index contributed by atoms with van der Waals surface area (Å²) in [5.41, 5.74) is 6.40. The standard InChI is InChI=1S/C14H12BrClFN/c1-14(18,9-5-2-3-8-12(9)17)13-10(15)6-4-7-11(13)16/h2-8H,18H2,1H3. The quantitative estimate of drug-likeness (QED) is 0.865. The van der Waals surface area contributed by atoms with Gasteiger partial charge in [-0.05, 0) is 25.1 Å². The molecule has 18 heavy (non-hydrogen) atoms. The molecule has 94 valence electrons. The molecule has 0 aliphatic carbocycles. The molecule has 1 atom stereocenters. The summed E-state index contributed by atoms with van der Waals surface area (Å²) in [5.74, 6) is -0.339. The maximum absolute atomic E-state index is 13.9. The fraction of sp³-hybridized carbons (Fsp3) is 0.143. The van der Waals surface area contributed by atoms with E-state index in [1.807, 2.05) is 12.1 Å². The van der Waals surface area contributed by atoms with Crippen molar-refractivity contribution in [2.75, 3.05) is 0 Å². The van der Waals surface area contributed by atoms with Gasteiger partial charge in [0.2, 0.25) is 0 Å². The molecular formula is C14H12BrClFN. The third-order valence-corrected chi connectivity index (χ3v) is 3.89. The van der Waals surface area contributed by atoms with Crippen LogP contribution < -0.4 is 5.73 Å². The summed E-state index contributed by atoms with van der Waals surface area (Å²) in [5, 5.41) is 0.512. The lowest BCUT2D eigenvalue weighted by molar-refractivity contribution is 0.529. The van der Waals surface area contributed by atoms with Crippen molar-refractivity contribution in [3.63, 3.8) is 0 Å². The number of hydrogen-bond acceptors (Lipinski definition) is 1. The second kappa shape index (κ2) is 5.00. The predicted octanol–water partition coefficient (Wildman–Crippen LogP) is 4.46. The number of halogens is 3. The van der Waals surface area contributed by atoms with Crippen LogP contribution in [0.3, 0.4) is 0 Å². The fourth-order valence-electron chi connectivity index (χ4n) is 2.01. The third kappa shape index (κ3) is 2.30. The highest BCUT2D eigenvalue weighted by Crippen LogP contribution is 2.37. The smallest absolute Gasteiger partial charge is 0.128 e. The van der Waals surface area contributed by atoms with Gasteiger partial charge in [-0.25, -0.2) is 4.39 Å². The van der Waals surface area contributed by atoms with Crippen molar-refractivity contribution < 1.29 is 4.39 Å². The van der Waals surface area contributed by atoms with E-state index in [9.17, 15) is 4.39 Å². The Labute approximate surface area is 119 Å². The molecule has 0 spiro atoms. The largest absolute Gasteiger partial charge is 0.318 e. The monoisotopic (exact) mass is 327 g/mol. The molecule has 0 fully saturated rings. The Kier molecular flexibility index (Phi) is 3.76. The Morgan fingerprint density at radius 1 is 1.17 bits per heavy atom. The van der Waals surface area contributed by atoms with Gasteiger partial charge in [-0.15, -0.1) is 0 Å². The highest BCUT2D eigenvalue weighted by molar-refractivity contribution is 9.10. The molecule has 2 aromatic rings. The van der Waals surface area contributed by atoms with Gasteiger partial charge in [-0.2, -0.15) is 0 Å². The fourth-order valence-corrected chi connectivity index (χ4v) is 3.27. The Balaban J connectivity index is 2.66. The molecule has 1 unspecified atom stereocenters. The van der Waals surface area contributed by atoms with Crippen LogP contribution in [0.15, 0.2) is 46.9 Å².